The van der Waals surface area contributed by atoms with Crippen LogP contribution < -0.4 is 20.1 Å². The predicted octanol–water partition coefficient (Wildman–Crippen LogP) is 6.70. The van der Waals surface area contributed by atoms with Crippen LogP contribution in [0.25, 0.3) is 0 Å². The average molecular weight is 703 g/mol. The van der Waals surface area contributed by atoms with E-state index in [1.54, 1.807) is 82.3 Å². The molecule has 51 heavy (non-hydrogen) atoms. The lowest BCUT2D eigenvalue weighted by Crippen LogP contribution is -2.45. The van der Waals surface area contributed by atoms with Gasteiger partial charge in [0, 0.05) is 11.6 Å². The summed E-state index contributed by atoms with van der Waals surface area (Å²) in [5.74, 6) is -0.198. The quantitative estimate of drug-likeness (QED) is 0.0635. The first-order chi connectivity index (χ1) is 24.2. The van der Waals surface area contributed by atoms with E-state index >= 15 is 0 Å². The fourth-order valence-corrected chi connectivity index (χ4v) is 4.50. The van der Waals surface area contributed by atoms with E-state index in [2.05, 4.69) is 23.8 Å². The SMILES string of the molecule is C=CC(=O)OCC(COc1ccccc1)OC(=O)NC(C)(C)c1cccc(C(C)(C)NC(=O)OC(CCOC(=O)C(=C)C)Oc2ccccc2)c1. The highest BCUT2D eigenvalue weighted by atomic mass is 16.7. The summed E-state index contributed by atoms with van der Waals surface area (Å²) >= 11 is 0. The zero-order valence-corrected chi connectivity index (χ0v) is 29.6. The van der Waals surface area contributed by atoms with Crippen molar-refractivity contribution in [2.24, 2.45) is 0 Å². The Hall–Kier alpha value is -5.78. The summed E-state index contributed by atoms with van der Waals surface area (Å²) in [4.78, 5) is 49.8. The molecular weight excluding hydrogens is 656 g/mol. The lowest BCUT2D eigenvalue weighted by atomic mass is 9.87. The molecule has 0 saturated heterocycles. The monoisotopic (exact) mass is 702 g/mol. The van der Waals surface area contributed by atoms with Crippen LogP contribution in [0, 0.1) is 0 Å². The number of carbonyl (C=O) groups excluding carboxylic acids is 4. The van der Waals surface area contributed by atoms with Crippen LogP contribution in [0.1, 0.15) is 52.2 Å². The van der Waals surface area contributed by atoms with Gasteiger partial charge in [0.05, 0.1) is 24.1 Å². The summed E-state index contributed by atoms with van der Waals surface area (Å²) in [6.07, 6.45) is -2.42. The Morgan fingerprint density at radius 2 is 1.29 bits per heavy atom. The number of hydrogen-bond acceptors (Lipinski definition) is 10. The van der Waals surface area contributed by atoms with E-state index in [0.717, 1.165) is 6.08 Å². The molecule has 3 aromatic rings. The highest BCUT2D eigenvalue weighted by Gasteiger charge is 2.30. The topological polar surface area (TPSA) is 148 Å². The molecule has 0 heterocycles. The summed E-state index contributed by atoms with van der Waals surface area (Å²) in [5, 5.41) is 5.73. The van der Waals surface area contributed by atoms with E-state index in [9.17, 15) is 19.2 Å². The van der Waals surface area contributed by atoms with Crippen molar-refractivity contribution in [3.8, 4) is 11.5 Å². The molecule has 2 atom stereocenters. The van der Waals surface area contributed by atoms with Crippen molar-refractivity contribution in [3.05, 3.63) is 121 Å². The minimum Gasteiger partial charge on any atom is -0.490 e. The first-order valence-corrected chi connectivity index (χ1v) is 16.3. The lowest BCUT2D eigenvalue weighted by Gasteiger charge is -2.31. The van der Waals surface area contributed by atoms with Crippen LogP contribution in [-0.2, 0) is 39.6 Å². The summed E-state index contributed by atoms with van der Waals surface area (Å²) in [7, 11) is 0. The van der Waals surface area contributed by atoms with Crippen LogP contribution in [0.2, 0.25) is 0 Å². The number of amides is 2. The van der Waals surface area contributed by atoms with Gasteiger partial charge in [-0.2, -0.15) is 0 Å². The largest absolute Gasteiger partial charge is 0.490 e. The van der Waals surface area contributed by atoms with E-state index in [-0.39, 0.29) is 31.8 Å². The van der Waals surface area contributed by atoms with Crippen LogP contribution in [0.15, 0.2) is 110 Å². The minimum absolute atomic E-state index is 0.0623. The molecule has 0 fully saturated rings. The standard InChI is InChI=1S/C39H46N2O10/c1-8-33(42)48-26-32(25-47-30-18-11-9-12-19-30)50-36(44)40-38(4,5)28-16-15-17-29(24-28)39(6,7)41-37(45)51-34(22-23-46-35(43)27(2)3)49-31-20-13-10-14-21-31/h8-21,24,32,34H,1-2,22-23,25-26H2,3-7H3,(H,40,44)(H,41,45). The van der Waals surface area contributed by atoms with Crippen molar-refractivity contribution >= 4 is 24.1 Å². The van der Waals surface area contributed by atoms with Gasteiger partial charge in [0.2, 0.25) is 6.29 Å². The third-order valence-corrected chi connectivity index (χ3v) is 7.35. The number of hydrogen-bond donors (Lipinski definition) is 2. The van der Waals surface area contributed by atoms with Crippen molar-refractivity contribution in [2.75, 3.05) is 19.8 Å². The second-order valence-corrected chi connectivity index (χ2v) is 12.5. The zero-order valence-electron chi connectivity index (χ0n) is 29.6. The molecule has 272 valence electrons. The van der Waals surface area contributed by atoms with Crippen molar-refractivity contribution in [1.29, 1.82) is 0 Å². The molecule has 0 aromatic heterocycles. The normalized spacial score (nSPS) is 12.3. The Morgan fingerprint density at radius 3 is 1.84 bits per heavy atom. The molecule has 0 bridgehead atoms. The Labute approximate surface area is 298 Å². The van der Waals surface area contributed by atoms with Gasteiger partial charge in [-0.15, -0.1) is 0 Å². The summed E-state index contributed by atoms with van der Waals surface area (Å²) in [6.45, 7) is 15.3. The first kappa shape index (κ1) is 39.7. The summed E-state index contributed by atoms with van der Waals surface area (Å²) in [5.41, 5.74) is -0.219. The maximum Gasteiger partial charge on any atom is 0.410 e. The number of nitrogens with one attached hydrogen (secondary N) is 2. The smallest absolute Gasteiger partial charge is 0.410 e. The average Bonchev–Trinajstić information content (AvgIpc) is 3.09. The van der Waals surface area contributed by atoms with Gasteiger partial charge in [-0.25, -0.2) is 19.2 Å². The molecule has 3 aromatic carbocycles. The molecule has 0 spiro atoms. The molecule has 0 aliphatic carbocycles. The van der Waals surface area contributed by atoms with E-state index in [4.69, 9.17) is 28.4 Å². The third-order valence-electron chi connectivity index (χ3n) is 7.35. The molecule has 3 rings (SSSR count). The van der Waals surface area contributed by atoms with Gasteiger partial charge in [0.15, 0.2) is 6.10 Å². The molecule has 2 unspecified atom stereocenters. The van der Waals surface area contributed by atoms with Crippen LogP contribution in [0.5, 0.6) is 11.5 Å². The molecular formula is C39H46N2O10. The lowest BCUT2D eigenvalue weighted by molar-refractivity contribution is -0.142. The number of ether oxygens (including phenoxy) is 6. The Bertz CT molecular complexity index is 1640. The molecule has 2 N–H and O–H groups in total. The third kappa shape index (κ3) is 13.6. The van der Waals surface area contributed by atoms with E-state index in [1.165, 1.54) is 6.92 Å². The maximum atomic E-state index is 13.2. The number of alkyl carbamates (subject to hydrolysis) is 2. The van der Waals surface area contributed by atoms with E-state index < -0.39 is 47.6 Å². The number of carbonyl (C=O) groups is 4. The van der Waals surface area contributed by atoms with Crippen LogP contribution in [0.4, 0.5) is 9.59 Å². The van der Waals surface area contributed by atoms with Gasteiger partial charge in [-0.05, 0) is 70.0 Å². The van der Waals surface area contributed by atoms with Gasteiger partial charge < -0.3 is 39.1 Å². The second-order valence-electron chi connectivity index (χ2n) is 12.5. The van der Waals surface area contributed by atoms with Gasteiger partial charge in [-0.1, -0.05) is 73.8 Å². The molecule has 0 saturated carbocycles. The highest BCUT2D eigenvalue weighted by molar-refractivity contribution is 5.86. The summed E-state index contributed by atoms with van der Waals surface area (Å²) < 4.78 is 33.1. The second kappa shape index (κ2) is 18.8. The van der Waals surface area contributed by atoms with E-state index in [0.29, 0.717) is 22.6 Å². The van der Waals surface area contributed by atoms with Gasteiger partial charge in [0.1, 0.15) is 24.7 Å². The van der Waals surface area contributed by atoms with Crippen molar-refractivity contribution in [1.82, 2.24) is 10.6 Å². The Morgan fingerprint density at radius 1 is 0.745 bits per heavy atom. The van der Waals surface area contributed by atoms with Crippen LogP contribution >= 0.6 is 0 Å². The number of benzene rings is 3. The van der Waals surface area contributed by atoms with Crippen LogP contribution in [-0.4, -0.2) is 56.3 Å². The molecule has 0 aliphatic heterocycles. The van der Waals surface area contributed by atoms with Gasteiger partial charge >= 0.3 is 24.1 Å². The first-order valence-electron chi connectivity index (χ1n) is 16.3. The highest BCUT2D eigenvalue weighted by Crippen LogP contribution is 2.27. The molecule has 12 heteroatoms. The zero-order chi connectivity index (χ0) is 37.4. The fraction of sp³-hybridized carbons (Fsp3) is 0.333. The number of esters is 2. The van der Waals surface area contributed by atoms with Crippen molar-refractivity contribution in [2.45, 2.75) is 64.5 Å². The summed E-state index contributed by atoms with van der Waals surface area (Å²) in [6, 6.07) is 25.1. The molecule has 2 amide bonds. The van der Waals surface area contributed by atoms with Gasteiger partial charge in [-0.3, -0.25) is 0 Å². The molecule has 0 radical (unpaired) electrons. The van der Waals surface area contributed by atoms with Gasteiger partial charge in [0.25, 0.3) is 0 Å². The Balaban J connectivity index is 1.66. The maximum absolute atomic E-state index is 13.2. The Kier molecular flexibility index (Phi) is 14.6. The number of para-hydroxylation sites is 2. The predicted molar refractivity (Wildman–Crippen MR) is 190 cm³/mol. The fourth-order valence-electron chi connectivity index (χ4n) is 4.50. The van der Waals surface area contributed by atoms with Crippen molar-refractivity contribution in [3.63, 3.8) is 0 Å². The van der Waals surface area contributed by atoms with Crippen molar-refractivity contribution < 1.29 is 47.6 Å². The number of rotatable bonds is 18. The molecule has 0 aliphatic rings. The molecule has 12 nitrogen and oxygen atoms in total. The van der Waals surface area contributed by atoms with E-state index in [1.807, 2.05) is 30.3 Å². The minimum atomic E-state index is -1.07. The van der Waals surface area contributed by atoms with Crippen LogP contribution in [0.3, 0.4) is 0 Å².